The summed E-state index contributed by atoms with van der Waals surface area (Å²) in [6, 6.07) is 8.54. The van der Waals surface area contributed by atoms with Crippen LogP contribution in [-0.2, 0) is 16.6 Å². The number of hydrogen-bond acceptors (Lipinski definition) is 5. The lowest BCUT2D eigenvalue weighted by Gasteiger charge is -2.21. The molecule has 8 nitrogen and oxygen atoms in total. The summed E-state index contributed by atoms with van der Waals surface area (Å²) in [6.45, 7) is 3.56. The number of fused-ring (bicyclic) bond motifs is 1. The van der Waals surface area contributed by atoms with Crippen molar-refractivity contribution in [2.75, 3.05) is 10.6 Å². The molecule has 1 aromatic carbocycles. The first kappa shape index (κ1) is 16.2. The smallest absolute Gasteiger partial charge is 0.273 e. The summed E-state index contributed by atoms with van der Waals surface area (Å²) in [5.74, 6) is 0.546. The van der Waals surface area contributed by atoms with Crippen LogP contribution in [-0.4, -0.2) is 34.3 Å². The first-order valence-electron chi connectivity index (χ1n) is 7.24. The summed E-state index contributed by atoms with van der Waals surface area (Å²) < 4.78 is 26.8. The molecular weight excluding hydrogens is 330 g/mol. The van der Waals surface area contributed by atoms with Crippen LogP contribution in [0.15, 0.2) is 35.1 Å². The Morgan fingerprint density at radius 1 is 1.21 bits per heavy atom. The molecule has 9 heteroatoms. The molecule has 126 valence electrons. The van der Waals surface area contributed by atoms with Gasteiger partial charge in [-0.1, -0.05) is 12.1 Å². The zero-order valence-corrected chi connectivity index (χ0v) is 14.3. The van der Waals surface area contributed by atoms with E-state index in [0.29, 0.717) is 17.2 Å². The van der Waals surface area contributed by atoms with Gasteiger partial charge in [0.15, 0.2) is 0 Å². The van der Waals surface area contributed by atoms with Gasteiger partial charge < -0.3 is 0 Å². The quantitative estimate of drug-likeness (QED) is 0.759. The van der Waals surface area contributed by atoms with E-state index in [0.717, 1.165) is 11.8 Å². The van der Waals surface area contributed by atoms with Gasteiger partial charge in [-0.05, 0) is 31.5 Å². The van der Waals surface area contributed by atoms with Gasteiger partial charge in [-0.15, -0.1) is 0 Å². The Balaban J connectivity index is 2.05. The number of aromatic nitrogens is 4. The van der Waals surface area contributed by atoms with Crippen LogP contribution in [0.25, 0.3) is 5.78 Å². The number of hydrogen-bond donors (Lipinski definition) is 1. The number of benzene rings is 1. The fourth-order valence-electron chi connectivity index (χ4n) is 2.43. The lowest BCUT2D eigenvalue weighted by atomic mass is 10.2. The summed E-state index contributed by atoms with van der Waals surface area (Å²) in [5.41, 5.74) is 1.74. The molecule has 0 atom stereocenters. The van der Waals surface area contributed by atoms with E-state index in [4.69, 9.17) is 0 Å². The summed E-state index contributed by atoms with van der Waals surface area (Å²) in [6.07, 6.45) is 1.13. The molecule has 2 aromatic heterocycles. The van der Waals surface area contributed by atoms with Crippen LogP contribution in [0.1, 0.15) is 17.1 Å². The molecule has 0 aliphatic heterocycles. The third-order valence-electron chi connectivity index (χ3n) is 3.49. The van der Waals surface area contributed by atoms with E-state index >= 15 is 0 Å². The number of H-pyrrole nitrogens is 1. The maximum atomic E-state index is 12.2. The van der Waals surface area contributed by atoms with E-state index < -0.39 is 10.0 Å². The maximum Gasteiger partial charge on any atom is 0.274 e. The molecular formula is C15H17N5O3S. The number of aromatic amines is 1. The highest BCUT2D eigenvalue weighted by atomic mass is 32.2. The number of sulfonamides is 1. The number of anilines is 1. The Hall–Kier alpha value is -2.68. The fourth-order valence-corrected chi connectivity index (χ4v) is 3.28. The van der Waals surface area contributed by atoms with Crippen molar-refractivity contribution in [3.8, 4) is 0 Å². The molecule has 0 aliphatic rings. The van der Waals surface area contributed by atoms with E-state index in [1.165, 1.54) is 14.9 Å². The van der Waals surface area contributed by atoms with Crippen molar-refractivity contribution < 1.29 is 8.42 Å². The minimum Gasteiger partial charge on any atom is -0.273 e. The highest BCUT2D eigenvalue weighted by Gasteiger charge is 2.20. The maximum absolute atomic E-state index is 12.2. The Morgan fingerprint density at radius 2 is 1.96 bits per heavy atom. The average Bonchev–Trinajstić information content (AvgIpc) is 2.86. The van der Waals surface area contributed by atoms with E-state index in [1.54, 1.807) is 25.1 Å². The largest absolute Gasteiger partial charge is 0.274 e. The summed E-state index contributed by atoms with van der Waals surface area (Å²) in [4.78, 5) is 20.3. The normalized spacial score (nSPS) is 11.8. The van der Waals surface area contributed by atoms with Gasteiger partial charge in [0.1, 0.15) is 5.82 Å². The van der Waals surface area contributed by atoms with Crippen LogP contribution < -0.4 is 9.86 Å². The van der Waals surface area contributed by atoms with Crippen molar-refractivity contribution in [2.45, 2.75) is 20.4 Å². The molecule has 0 unspecified atom stereocenters. The van der Waals surface area contributed by atoms with E-state index in [1.807, 2.05) is 13.0 Å². The van der Waals surface area contributed by atoms with Crippen LogP contribution >= 0.6 is 0 Å². The highest BCUT2D eigenvalue weighted by molar-refractivity contribution is 7.92. The van der Waals surface area contributed by atoms with Gasteiger partial charge in [0.05, 0.1) is 18.5 Å². The molecule has 3 aromatic rings. The van der Waals surface area contributed by atoms with Crippen molar-refractivity contribution in [1.82, 2.24) is 19.6 Å². The molecule has 0 amide bonds. The third kappa shape index (κ3) is 3.16. The van der Waals surface area contributed by atoms with Gasteiger partial charge >= 0.3 is 0 Å². The fraction of sp³-hybridized carbons (Fsp3) is 0.267. The molecule has 24 heavy (non-hydrogen) atoms. The predicted octanol–water partition coefficient (Wildman–Crippen LogP) is 1.00. The van der Waals surface area contributed by atoms with E-state index in [9.17, 15) is 13.2 Å². The Morgan fingerprint density at radius 3 is 2.62 bits per heavy atom. The molecule has 1 N–H and O–H groups in total. The standard InChI is InChI=1S/C15H17N5O3S/c1-10-5-4-6-12(7-10)19(24(3,22)23)9-13-17-15-16-11(2)8-14(21)20(15)18-13/h4-8H,9H2,1-3H3,(H,16,17,18). The van der Waals surface area contributed by atoms with Gasteiger partial charge in [-0.25, -0.2) is 13.4 Å². The van der Waals surface area contributed by atoms with Crippen LogP contribution in [0.2, 0.25) is 0 Å². The summed E-state index contributed by atoms with van der Waals surface area (Å²) in [5, 5.41) is 2.80. The molecule has 0 aliphatic carbocycles. The molecule has 0 fully saturated rings. The van der Waals surface area contributed by atoms with Crippen LogP contribution in [0.5, 0.6) is 0 Å². The molecule has 0 bridgehead atoms. The Kier molecular flexibility index (Phi) is 3.88. The van der Waals surface area contributed by atoms with Crippen LogP contribution in [0.3, 0.4) is 0 Å². The van der Waals surface area contributed by atoms with Gasteiger partial charge in [-0.3, -0.25) is 14.2 Å². The number of rotatable bonds is 4. The predicted molar refractivity (Wildman–Crippen MR) is 90.6 cm³/mol. The van der Waals surface area contributed by atoms with Crippen molar-refractivity contribution in [2.24, 2.45) is 0 Å². The second-order valence-electron chi connectivity index (χ2n) is 5.65. The zero-order valence-electron chi connectivity index (χ0n) is 13.5. The minimum atomic E-state index is -3.52. The Bertz CT molecular complexity index is 1070. The van der Waals surface area contributed by atoms with E-state index in [2.05, 4.69) is 15.1 Å². The van der Waals surface area contributed by atoms with E-state index in [-0.39, 0.29) is 17.9 Å². The zero-order chi connectivity index (χ0) is 17.5. The molecule has 3 rings (SSSR count). The highest BCUT2D eigenvalue weighted by Crippen LogP contribution is 2.20. The summed E-state index contributed by atoms with van der Waals surface area (Å²) in [7, 11) is -3.52. The molecule has 2 heterocycles. The average molecular weight is 347 g/mol. The van der Waals surface area contributed by atoms with Gasteiger partial charge in [0.2, 0.25) is 10.0 Å². The number of nitrogens with one attached hydrogen (secondary N) is 1. The minimum absolute atomic E-state index is 0.0237. The van der Waals surface area contributed by atoms with Gasteiger partial charge in [0.25, 0.3) is 11.3 Å². The van der Waals surface area contributed by atoms with Crippen molar-refractivity contribution in [3.63, 3.8) is 0 Å². The van der Waals surface area contributed by atoms with Crippen LogP contribution in [0.4, 0.5) is 5.69 Å². The monoisotopic (exact) mass is 347 g/mol. The first-order valence-corrected chi connectivity index (χ1v) is 9.08. The summed E-state index contributed by atoms with van der Waals surface area (Å²) >= 11 is 0. The van der Waals surface area contributed by atoms with Crippen molar-refractivity contribution in [1.29, 1.82) is 0 Å². The topological polar surface area (TPSA) is 100 Å². The molecule has 0 saturated carbocycles. The molecule has 0 saturated heterocycles. The van der Waals surface area contributed by atoms with Crippen LogP contribution in [0, 0.1) is 13.8 Å². The first-order chi connectivity index (χ1) is 11.2. The second-order valence-corrected chi connectivity index (χ2v) is 7.56. The second kappa shape index (κ2) is 5.75. The molecule has 0 spiro atoms. The number of aryl methyl sites for hydroxylation is 2. The lowest BCUT2D eigenvalue weighted by Crippen LogP contribution is -2.30. The number of nitrogens with zero attached hydrogens (tertiary/aromatic N) is 4. The lowest BCUT2D eigenvalue weighted by molar-refractivity contribution is 0.595. The SMILES string of the molecule is Cc1cccc(N(Cc2nc3nc(C)cc(=O)n3[nH]2)S(C)(=O)=O)c1. The van der Waals surface area contributed by atoms with Crippen molar-refractivity contribution >= 4 is 21.5 Å². The third-order valence-corrected chi connectivity index (χ3v) is 4.63. The molecule has 0 radical (unpaired) electrons. The Labute approximate surface area is 138 Å². The van der Waals surface area contributed by atoms with Gasteiger partial charge in [-0.2, -0.15) is 9.50 Å². The van der Waals surface area contributed by atoms with Crippen molar-refractivity contribution in [3.05, 3.63) is 57.8 Å². The van der Waals surface area contributed by atoms with Gasteiger partial charge in [0, 0.05) is 11.8 Å².